The normalized spacial score (nSPS) is 16.5. The van der Waals surface area contributed by atoms with Crippen molar-refractivity contribution in [3.8, 4) is 0 Å². The molecule has 1 amide bonds. The van der Waals surface area contributed by atoms with E-state index in [-0.39, 0.29) is 5.91 Å². The number of amides is 1. The van der Waals surface area contributed by atoms with Gasteiger partial charge in [-0.05, 0) is 13.3 Å². The summed E-state index contributed by atoms with van der Waals surface area (Å²) in [5.74, 6) is 1.10. The molecule has 2 aromatic rings. The fourth-order valence-corrected chi connectivity index (χ4v) is 3.43. The van der Waals surface area contributed by atoms with Crippen molar-refractivity contribution in [1.82, 2.24) is 24.8 Å². The lowest BCUT2D eigenvalue weighted by atomic mass is 10.3. The molecule has 0 radical (unpaired) electrons. The topological polar surface area (TPSA) is 65.1 Å². The Kier molecular flexibility index (Phi) is 5.07. The van der Waals surface area contributed by atoms with Crippen molar-refractivity contribution in [3.63, 3.8) is 0 Å². The van der Waals surface area contributed by atoms with Crippen LogP contribution in [0.2, 0.25) is 0 Å². The van der Waals surface area contributed by atoms with Gasteiger partial charge in [0.1, 0.15) is 11.5 Å². The summed E-state index contributed by atoms with van der Waals surface area (Å²) in [6.07, 6.45) is 1.91. The van der Waals surface area contributed by atoms with Crippen LogP contribution in [0, 0.1) is 6.92 Å². The third-order valence-corrected chi connectivity index (χ3v) is 4.86. The summed E-state index contributed by atoms with van der Waals surface area (Å²) in [4.78, 5) is 28.8. The summed E-state index contributed by atoms with van der Waals surface area (Å²) in [5.41, 5.74) is 4.56. The van der Waals surface area contributed by atoms with Crippen LogP contribution in [0.3, 0.4) is 0 Å². The molecule has 7 heteroatoms. The van der Waals surface area contributed by atoms with Gasteiger partial charge in [0.05, 0.1) is 11.2 Å². The highest BCUT2D eigenvalue weighted by Gasteiger charge is 2.22. The number of hydrogen-bond donors (Lipinski definition) is 1. The van der Waals surface area contributed by atoms with Crippen LogP contribution in [0.5, 0.6) is 0 Å². The molecular formula is C16H23N5OS. The number of carbonyl (C=O) groups excluding carboxylic acids is 1. The minimum absolute atomic E-state index is 0.0531. The zero-order chi connectivity index (χ0) is 16.2. The van der Waals surface area contributed by atoms with Crippen molar-refractivity contribution in [3.05, 3.63) is 33.8 Å². The lowest BCUT2D eigenvalue weighted by Crippen LogP contribution is -2.35. The monoisotopic (exact) mass is 333 g/mol. The Bertz CT molecular complexity index is 651. The summed E-state index contributed by atoms with van der Waals surface area (Å²) in [7, 11) is 0. The van der Waals surface area contributed by atoms with E-state index in [0.717, 1.165) is 62.8 Å². The zero-order valence-electron chi connectivity index (χ0n) is 13.7. The van der Waals surface area contributed by atoms with Crippen LogP contribution in [0.15, 0.2) is 10.9 Å². The largest absolute Gasteiger partial charge is 0.346 e. The van der Waals surface area contributed by atoms with E-state index in [1.54, 1.807) is 5.51 Å². The molecule has 124 valence electrons. The molecule has 1 N–H and O–H groups in total. The van der Waals surface area contributed by atoms with E-state index in [2.05, 4.69) is 33.7 Å². The molecule has 2 aromatic heterocycles. The number of nitrogens with one attached hydrogen (secondary N) is 1. The van der Waals surface area contributed by atoms with Crippen LogP contribution in [0.4, 0.5) is 0 Å². The first kappa shape index (κ1) is 16.1. The summed E-state index contributed by atoms with van der Waals surface area (Å²) in [5, 5.41) is 1.82. The molecule has 6 nitrogen and oxygen atoms in total. The minimum Gasteiger partial charge on any atom is -0.346 e. The maximum atomic E-state index is 12.4. The first-order chi connectivity index (χ1) is 11.2. The van der Waals surface area contributed by atoms with Gasteiger partial charge in [-0.25, -0.2) is 9.97 Å². The Balaban J connectivity index is 1.60. The molecule has 0 saturated carbocycles. The molecule has 3 heterocycles. The van der Waals surface area contributed by atoms with Crippen LogP contribution >= 0.6 is 11.3 Å². The second kappa shape index (κ2) is 7.23. The smallest absolute Gasteiger partial charge is 0.273 e. The van der Waals surface area contributed by atoms with Gasteiger partial charge >= 0.3 is 0 Å². The Morgan fingerprint density at radius 2 is 2.22 bits per heavy atom. The van der Waals surface area contributed by atoms with Crippen LogP contribution in [-0.4, -0.2) is 56.8 Å². The van der Waals surface area contributed by atoms with Gasteiger partial charge in [-0.2, -0.15) is 0 Å². The van der Waals surface area contributed by atoms with Crippen molar-refractivity contribution in [2.24, 2.45) is 0 Å². The number of nitrogens with zero attached hydrogens (tertiary/aromatic N) is 4. The van der Waals surface area contributed by atoms with Gasteiger partial charge in [-0.1, -0.05) is 6.92 Å². The zero-order valence-corrected chi connectivity index (χ0v) is 14.5. The number of hydrogen-bond acceptors (Lipinski definition) is 5. The van der Waals surface area contributed by atoms with E-state index < -0.39 is 0 Å². The van der Waals surface area contributed by atoms with Gasteiger partial charge in [-0.3, -0.25) is 9.69 Å². The molecule has 0 spiro atoms. The molecule has 1 fully saturated rings. The molecule has 0 aliphatic carbocycles. The lowest BCUT2D eigenvalue weighted by Gasteiger charge is -2.21. The van der Waals surface area contributed by atoms with Gasteiger partial charge in [-0.15, -0.1) is 11.3 Å². The number of thiazole rings is 1. The fourth-order valence-electron chi connectivity index (χ4n) is 2.91. The second-order valence-electron chi connectivity index (χ2n) is 5.90. The van der Waals surface area contributed by atoms with Crippen molar-refractivity contribution in [2.75, 3.05) is 26.2 Å². The Labute approximate surface area is 140 Å². The van der Waals surface area contributed by atoms with E-state index in [1.165, 1.54) is 11.3 Å². The van der Waals surface area contributed by atoms with Crippen LogP contribution in [0.1, 0.15) is 41.0 Å². The van der Waals surface area contributed by atoms with Gasteiger partial charge in [0.2, 0.25) is 0 Å². The molecule has 0 aromatic carbocycles. The molecule has 0 atom stereocenters. The maximum absolute atomic E-state index is 12.4. The average Bonchev–Trinajstić information content (AvgIpc) is 3.13. The molecule has 0 unspecified atom stereocenters. The molecule has 3 rings (SSSR count). The quantitative estimate of drug-likeness (QED) is 0.930. The molecule has 0 bridgehead atoms. The van der Waals surface area contributed by atoms with Crippen LogP contribution in [-0.2, 0) is 13.0 Å². The van der Waals surface area contributed by atoms with E-state index in [4.69, 9.17) is 0 Å². The number of imidazole rings is 1. The van der Waals surface area contributed by atoms with E-state index in [9.17, 15) is 4.79 Å². The number of carbonyl (C=O) groups is 1. The number of rotatable bonds is 4. The standard InChI is InChI=1S/C16H23N5OS/c1-3-15-18-12(2)13(19-15)9-20-5-4-6-21(8-7-20)16(22)14-10-23-11-17-14/h10-11H,3-9H2,1-2H3,(H,18,19). The second-order valence-corrected chi connectivity index (χ2v) is 6.62. The maximum Gasteiger partial charge on any atom is 0.273 e. The highest BCUT2D eigenvalue weighted by molar-refractivity contribution is 7.07. The summed E-state index contributed by atoms with van der Waals surface area (Å²) in [6, 6.07) is 0. The van der Waals surface area contributed by atoms with Gasteiger partial charge in [0.15, 0.2) is 0 Å². The molecule has 1 saturated heterocycles. The van der Waals surface area contributed by atoms with Crippen molar-refractivity contribution in [1.29, 1.82) is 0 Å². The summed E-state index contributed by atoms with van der Waals surface area (Å²) in [6.45, 7) is 8.46. The van der Waals surface area contributed by atoms with E-state index in [0.29, 0.717) is 5.69 Å². The first-order valence-electron chi connectivity index (χ1n) is 8.11. The minimum atomic E-state index is 0.0531. The Morgan fingerprint density at radius 1 is 1.35 bits per heavy atom. The predicted octanol–water partition coefficient (Wildman–Crippen LogP) is 2.09. The fraction of sp³-hybridized carbons (Fsp3) is 0.562. The van der Waals surface area contributed by atoms with Gasteiger partial charge in [0.25, 0.3) is 5.91 Å². The van der Waals surface area contributed by atoms with E-state index >= 15 is 0 Å². The molecule has 1 aliphatic heterocycles. The predicted molar refractivity (Wildman–Crippen MR) is 90.6 cm³/mol. The van der Waals surface area contributed by atoms with Crippen molar-refractivity contribution < 1.29 is 4.79 Å². The Morgan fingerprint density at radius 3 is 2.91 bits per heavy atom. The number of H-pyrrole nitrogens is 1. The average molecular weight is 333 g/mol. The SMILES string of the molecule is CCc1nc(CN2CCCN(C(=O)c3cscn3)CC2)c(C)[nH]1. The number of aromatic nitrogens is 3. The number of aromatic amines is 1. The van der Waals surface area contributed by atoms with Crippen LogP contribution < -0.4 is 0 Å². The third kappa shape index (κ3) is 3.79. The number of aryl methyl sites for hydroxylation is 2. The van der Waals surface area contributed by atoms with Gasteiger partial charge in [0, 0.05) is 50.2 Å². The van der Waals surface area contributed by atoms with Gasteiger partial charge < -0.3 is 9.88 Å². The lowest BCUT2D eigenvalue weighted by molar-refractivity contribution is 0.0756. The van der Waals surface area contributed by atoms with E-state index in [1.807, 2.05) is 10.3 Å². The Hall–Kier alpha value is -1.73. The van der Waals surface area contributed by atoms with Crippen molar-refractivity contribution >= 4 is 17.2 Å². The highest BCUT2D eigenvalue weighted by Crippen LogP contribution is 2.13. The summed E-state index contributed by atoms with van der Waals surface area (Å²) < 4.78 is 0. The molecule has 1 aliphatic rings. The first-order valence-corrected chi connectivity index (χ1v) is 9.05. The summed E-state index contributed by atoms with van der Waals surface area (Å²) >= 11 is 1.46. The third-order valence-electron chi connectivity index (χ3n) is 4.27. The van der Waals surface area contributed by atoms with Crippen molar-refractivity contribution in [2.45, 2.75) is 33.2 Å². The molecular weight excluding hydrogens is 310 g/mol. The molecule has 23 heavy (non-hydrogen) atoms. The van der Waals surface area contributed by atoms with Crippen LogP contribution in [0.25, 0.3) is 0 Å². The highest BCUT2D eigenvalue weighted by atomic mass is 32.1.